The molecule has 0 aliphatic heterocycles. The average molecular weight is 1400 g/mol. The van der Waals surface area contributed by atoms with Gasteiger partial charge in [-0.05, 0) is 96.3 Å². The number of aliphatic hydroxyl groups excluding tert-OH is 1. The second-order valence-corrected chi connectivity index (χ2v) is 28.5. The topological polar surface area (TPSA) is 237 Å². The third-order valence-corrected chi connectivity index (χ3v) is 18.1. The van der Waals surface area contributed by atoms with Crippen molar-refractivity contribution in [1.82, 2.24) is 0 Å². The molecule has 0 saturated heterocycles. The standard InChI is InChI=1S/C77H138O17P2/c1-5-9-13-17-21-25-29-32-33-34-35-36-37-40-43-46-50-54-58-62-75(80)88-68-73(94-77(82)64-60-56-52-48-44-39-31-27-23-19-15-11-7-3)70-92-96(85,86)90-66-71(78)65-89-95(83,84)91-69-72(93-76(81)63-59-55-51-47-41-28-24-20-16-12-8-4)67-87-74(79)61-57-53-49-45-42-38-30-26-22-18-14-10-6-2/h9,13,21,25,27,31-33,35-36,40,43,71-73,78H,5-8,10-12,14-20,22-24,26,28-30,34,37-39,41-42,44-70H2,1-4H3,(H,83,84)(H,85,86)/b13-9-,25-21-,31-27-,33-32-,36-35-,43-40-. The van der Waals surface area contributed by atoms with Crippen molar-refractivity contribution in [3.8, 4) is 0 Å². The van der Waals surface area contributed by atoms with Crippen LogP contribution in [0.15, 0.2) is 72.9 Å². The zero-order chi connectivity index (χ0) is 70.4. The Balaban J connectivity index is 5.32. The van der Waals surface area contributed by atoms with Crippen molar-refractivity contribution >= 4 is 39.5 Å². The van der Waals surface area contributed by atoms with Gasteiger partial charge in [-0.15, -0.1) is 0 Å². The van der Waals surface area contributed by atoms with Crippen LogP contribution in [-0.4, -0.2) is 96.7 Å². The van der Waals surface area contributed by atoms with E-state index in [0.717, 1.165) is 135 Å². The lowest BCUT2D eigenvalue weighted by atomic mass is 10.0. The first-order valence-electron chi connectivity index (χ1n) is 38.2. The Morgan fingerprint density at radius 2 is 0.542 bits per heavy atom. The van der Waals surface area contributed by atoms with Gasteiger partial charge >= 0.3 is 39.5 Å². The van der Waals surface area contributed by atoms with Crippen LogP contribution in [0.25, 0.3) is 0 Å². The Kier molecular flexibility index (Phi) is 67.4. The number of aliphatic hydroxyl groups is 1. The van der Waals surface area contributed by atoms with Gasteiger partial charge in [0, 0.05) is 25.7 Å². The highest BCUT2D eigenvalue weighted by Gasteiger charge is 2.30. The summed E-state index contributed by atoms with van der Waals surface area (Å²) in [7, 11) is -9.94. The van der Waals surface area contributed by atoms with Gasteiger partial charge < -0.3 is 33.8 Å². The smallest absolute Gasteiger partial charge is 0.462 e. The van der Waals surface area contributed by atoms with Crippen molar-refractivity contribution in [2.45, 2.75) is 354 Å². The van der Waals surface area contributed by atoms with E-state index in [1.54, 1.807) is 0 Å². The normalized spacial score (nSPS) is 14.4. The molecule has 17 nitrogen and oxygen atoms in total. The van der Waals surface area contributed by atoms with Gasteiger partial charge in [0.05, 0.1) is 26.4 Å². The van der Waals surface area contributed by atoms with E-state index in [1.807, 2.05) is 0 Å². The summed E-state index contributed by atoms with van der Waals surface area (Å²) >= 11 is 0. The highest BCUT2D eigenvalue weighted by Crippen LogP contribution is 2.45. The van der Waals surface area contributed by atoms with Crippen LogP contribution in [0.1, 0.15) is 336 Å². The number of hydrogen-bond donors (Lipinski definition) is 3. The number of esters is 4. The van der Waals surface area contributed by atoms with Crippen LogP contribution in [0.5, 0.6) is 0 Å². The van der Waals surface area contributed by atoms with Gasteiger partial charge in [0.1, 0.15) is 19.3 Å². The Morgan fingerprint density at radius 3 is 0.865 bits per heavy atom. The van der Waals surface area contributed by atoms with Gasteiger partial charge in [-0.1, -0.05) is 287 Å². The lowest BCUT2D eigenvalue weighted by molar-refractivity contribution is -0.161. The third kappa shape index (κ3) is 69.0. The predicted octanol–water partition coefficient (Wildman–Crippen LogP) is 21.7. The number of phosphoric ester groups is 2. The van der Waals surface area contributed by atoms with Crippen molar-refractivity contribution < 1.29 is 80.2 Å². The van der Waals surface area contributed by atoms with E-state index in [9.17, 15) is 43.2 Å². The summed E-state index contributed by atoms with van der Waals surface area (Å²) in [5, 5.41) is 10.6. The number of allylic oxidation sites excluding steroid dienone is 12. The Labute approximate surface area is 583 Å². The number of hydrogen-bond acceptors (Lipinski definition) is 15. The minimum atomic E-state index is -4.98. The zero-order valence-corrected chi connectivity index (χ0v) is 62.6. The summed E-state index contributed by atoms with van der Waals surface area (Å²) in [6, 6.07) is 0. The maximum atomic E-state index is 13.1. The van der Waals surface area contributed by atoms with Crippen LogP contribution in [-0.2, 0) is 65.4 Å². The number of carbonyl (C=O) groups is 4. The number of carbonyl (C=O) groups excluding carboxylic acids is 4. The summed E-state index contributed by atoms with van der Waals surface area (Å²) < 4.78 is 68.4. The molecule has 0 aromatic heterocycles. The Hall–Kier alpha value is -3.50. The molecular formula is C77H138O17P2. The zero-order valence-electron chi connectivity index (χ0n) is 60.8. The van der Waals surface area contributed by atoms with Crippen LogP contribution < -0.4 is 0 Å². The largest absolute Gasteiger partial charge is 0.472 e. The Bertz CT molecular complexity index is 2110. The molecule has 5 unspecified atom stereocenters. The van der Waals surface area contributed by atoms with E-state index in [1.165, 1.54) is 122 Å². The van der Waals surface area contributed by atoms with Crippen molar-refractivity contribution in [3.05, 3.63) is 72.9 Å². The van der Waals surface area contributed by atoms with Crippen LogP contribution in [0, 0.1) is 0 Å². The van der Waals surface area contributed by atoms with Gasteiger partial charge in [-0.2, -0.15) is 0 Å². The lowest BCUT2D eigenvalue weighted by Crippen LogP contribution is -2.30. The van der Waals surface area contributed by atoms with Crippen LogP contribution >= 0.6 is 15.6 Å². The van der Waals surface area contributed by atoms with Gasteiger partial charge in [-0.3, -0.25) is 37.3 Å². The number of phosphoric acid groups is 2. The molecule has 558 valence electrons. The van der Waals surface area contributed by atoms with E-state index in [4.69, 9.17) is 37.0 Å². The summed E-state index contributed by atoms with van der Waals surface area (Å²) in [5.74, 6) is -2.19. The minimum absolute atomic E-state index is 0.0796. The SMILES string of the molecule is CC/C=C\C/C=C\C/C=C\C/C=C\C/C=C\CCCCCC(=O)OCC(COP(=O)(O)OCC(O)COP(=O)(O)OCC(COC(=O)CCCCCCCCCCCCCCC)OC(=O)CCCCCCCCCCCCC)OC(=O)CCCCCCC/C=C\CCCCCC. The molecule has 0 aromatic carbocycles. The first-order valence-corrected chi connectivity index (χ1v) is 41.2. The minimum Gasteiger partial charge on any atom is -0.462 e. The molecule has 0 amide bonds. The van der Waals surface area contributed by atoms with Crippen LogP contribution in [0.3, 0.4) is 0 Å². The number of rotatable bonds is 72. The molecule has 0 saturated carbocycles. The molecule has 96 heavy (non-hydrogen) atoms. The van der Waals surface area contributed by atoms with Gasteiger partial charge in [0.25, 0.3) is 0 Å². The fraction of sp³-hybridized carbons (Fsp3) is 0.792. The van der Waals surface area contributed by atoms with E-state index in [-0.39, 0.29) is 25.7 Å². The fourth-order valence-electron chi connectivity index (χ4n) is 10.4. The maximum absolute atomic E-state index is 13.1. The molecule has 19 heteroatoms. The quantitative estimate of drug-likeness (QED) is 0.0169. The average Bonchev–Trinajstić information content (AvgIpc) is 1.17. The first-order chi connectivity index (χ1) is 46.7. The molecule has 5 atom stereocenters. The summed E-state index contributed by atoms with van der Waals surface area (Å²) in [5.41, 5.74) is 0. The first kappa shape index (κ1) is 92.5. The monoisotopic (exact) mass is 1400 g/mol. The molecule has 0 aromatic rings. The summed E-state index contributed by atoms with van der Waals surface area (Å²) in [6.45, 7) is 4.73. The van der Waals surface area contributed by atoms with Gasteiger partial charge in [-0.25, -0.2) is 9.13 Å². The molecule has 0 bridgehead atoms. The summed E-state index contributed by atoms with van der Waals surface area (Å²) in [4.78, 5) is 72.7. The fourth-order valence-corrected chi connectivity index (χ4v) is 11.9. The van der Waals surface area contributed by atoms with Crippen LogP contribution in [0.2, 0.25) is 0 Å². The maximum Gasteiger partial charge on any atom is 0.472 e. The highest BCUT2D eigenvalue weighted by atomic mass is 31.2. The molecule has 0 spiro atoms. The summed E-state index contributed by atoms with van der Waals surface area (Å²) in [6.07, 6.45) is 69.0. The van der Waals surface area contributed by atoms with E-state index >= 15 is 0 Å². The molecule has 0 aliphatic carbocycles. The van der Waals surface area contributed by atoms with Crippen molar-refractivity contribution in [2.24, 2.45) is 0 Å². The van der Waals surface area contributed by atoms with Crippen molar-refractivity contribution in [1.29, 1.82) is 0 Å². The van der Waals surface area contributed by atoms with E-state index in [2.05, 4.69) is 101 Å². The van der Waals surface area contributed by atoms with Crippen molar-refractivity contribution in [3.63, 3.8) is 0 Å². The molecule has 0 radical (unpaired) electrons. The van der Waals surface area contributed by atoms with E-state index < -0.39 is 97.5 Å². The highest BCUT2D eigenvalue weighted by molar-refractivity contribution is 7.47. The molecule has 0 aliphatic rings. The van der Waals surface area contributed by atoms with Crippen LogP contribution in [0.4, 0.5) is 0 Å². The molecule has 0 fully saturated rings. The van der Waals surface area contributed by atoms with Gasteiger partial charge in [0.2, 0.25) is 0 Å². The molecule has 3 N–H and O–H groups in total. The lowest BCUT2D eigenvalue weighted by Gasteiger charge is -2.21. The molecular weight excluding hydrogens is 1260 g/mol. The molecule has 0 heterocycles. The second kappa shape index (κ2) is 70.0. The van der Waals surface area contributed by atoms with E-state index in [0.29, 0.717) is 25.7 Å². The third-order valence-electron chi connectivity index (χ3n) is 16.2. The second-order valence-electron chi connectivity index (χ2n) is 25.6. The van der Waals surface area contributed by atoms with Gasteiger partial charge in [0.15, 0.2) is 12.2 Å². The predicted molar refractivity (Wildman–Crippen MR) is 390 cm³/mol. The van der Waals surface area contributed by atoms with Crippen molar-refractivity contribution in [2.75, 3.05) is 39.6 Å². The Morgan fingerprint density at radius 1 is 0.302 bits per heavy atom. The molecule has 0 rings (SSSR count). The number of ether oxygens (including phenoxy) is 4. The number of unbranched alkanes of at least 4 members (excludes halogenated alkanes) is 34.